The number of methoxy groups -OCH3 is 1. The van der Waals surface area contributed by atoms with Gasteiger partial charge in [-0.3, -0.25) is 9.10 Å². The molecule has 6 nitrogen and oxygen atoms in total. The van der Waals surface area contributed by atoms with Crippen molar-refractivity contribution in [3.63, 3.8) is 0 Å². The van der Waals surface area contributed by atoms with Crippen LogP contribution in [0.3, 0.4) is 0 Å². The summed E-state index contributed by atoms with van der Waals surface area (Å²) in [6, 6.07) is 20.9. The highest BCUT2D eigenvalue weighted by molar-refractivity contribution is 7.92. The zero-order chi connectivity index (χ0) is 23.8. The predicted octanol–water partition coefficient (Wildman–Crippen LogP) is 5.18. The summed E-state index contributed by atoms with van der Waals surface area (Å²) in [5, 5.41) is 2.81. The van der Waals surface area contributed by atoms with E-state index in [4.69, 9.17) is 4.74 Å². The number of anilines is 2. The number of amides is 1. The van der Waals surface area contributed by atoms with Gasteiger partial charge < -0.3 is 10.1 Å². The molecule has 0 fully saturated rings. The third-order valence-corrected chi connectivity index (χ3v) is 7.08. The van der Waals surface area contributed by atoms with Crippen LogP contribution in [-0.2, 0) is 21.2 Å². The maximum Gasteiger partial charge on any atom is 0.264 e. The van der Waals surface area contributed by atoms with Gasteiger partial charge in [0.25, 0.3) is 10.0 Å². The molecule has 0 atom stereocenters. The highest BCUT2D eigenvalue weighted by atomic mass is 32.2. The van der Waals surface area contributed by atoms with Gasteiger partial charge >= 0.3 is 0 Å². The van der Waals surface area contributed by atoms with E-state index in [9.17, 15) is 13.2 Å². The van der Waals surface area contributed by atoms with Gasteiger partial charge in [-0.1, -0.05) is 49.2 Å². The minimum absolute atomic E-state index is 0.115. The molecule has 0 saturated heterocycles. The number of carbonyl (C=O) groups excluding carboxylic acids is 1. The molecule has 1 N–H and O–H groups in total. The standard InChI is InChI=1S/C26H30N2O4S/c1-4-5-7-21-12-14-22(15-13-21)27-26(29)19-28(23-8-6-9-24(18-23)32-3)33(30,31)25-16-10-20(2)11-17-25/h6,8-18H,4-5,7,19H2,1-3H3,(H,27,29). The Morgan fingerprint density at radius 1 is 1.00 bits per heavy atom. The van der Waals surface area contributed by atoms with Crippen molar-refractivity contribution in [2.24, 2.45) is 0 Å². The molecule has 3 aromatic carbocycles. The topological polar surface area (TPSA) is 75.7 Å². The average Bonchev–Trinajstić information content (AvgIpc) is 2.82. The van der Waals surface area contributed by atoms with Crippen LogP contribution in [0.25, 0.3) is 0 Å². The summed E-state index contributed by atoms with van der Waals surface area (Å²) in [7, 11) is -2.47. The molecule has 3 rings (SSSR count). The molecule has 0 saturated carbocycles. The number of sulfonamides is 1. The summed E-state index contributed by atoms with van der Waals surface area (Å²) >= 11 is 0. The third kappa shape index (κ3) is 6.35. The first-order chi connectivity index (χ1) is 15.8. The Labute approximate surface area is 196 Å². The molecule has 0 aliphatic carbocycles. The number of nitrogens with one attached hydrogen (secondary N) is 1. The van der Waals surface area contributed by atoms with E-state index in [1.807, 2.05) is 31.2 Å². The fraction of sp³-hybridized carbons (Fsp3) is 0.269. The zero-order valence-electron chi connectivity index (χ0n) is 19.2. The number of aryl methyl sites for hydroxylation is 2. The van der Waals surface area contributed by atoms with Crippen LogP contribution in [0.1, 0.15) is 30.9 Å². The van der Waals surface area contributed by atoms with Crippen molar-refractivity contribution in [3.8, 4) is 5.75 Å². The number of rotatable bonds is 10. The molecule has 0 aliphatic heterocycles. The Morgan fingerprint density at radius 2 is 1.70 bits per heavy atom. The molecule has 0 aliphatic rings. The Morgan fingerprint density at radius 3 is 2.33 bits per heavy atom. The lowest BCUT2D eigenvalue weighted by Gasteiger charge is -2.24. The largest absolute Gasteiger partial charge is 0.497 e. The number of hydrogen-bond acceptors (Lipinski definition) is 4. The molecule has 174 valence electrons. The fourth-order valence-electron chi connectivity index (χ4n) is 3.38. The molecule has 0 radical (unpaired) electrons. The van der Waals surface area contributed by atoms with E-state index in [0.717, 1.165) is 29.1 Å². The van der Waals surface area contributed by atoms with Gasteiger partial charge in [0.1, 0.15) is 12.3 Å². The quantitative estimate of drug-likeness (QED) is 0.447. The molecular formula is C26H30N2O4S. The second kappa shape index (κ2) is 11.0. The van der Waals surface area contributed by atoms with E-state index < -0.39 is 15.9 Å². The van der Waals surface area contributed by atoms with Gasteiger partial charge in [0, 0.05) is 11.8 Å². The van der Waals surface area contributed by atoms with Crippen molar-refractivity contribution in [1.29, 1.82) is 0 Å². The van der Waals surface area contributed by atoms with Crippen molar-refractivity contribution in [3.05, 3.63) is 83.9 Å². The summed E-state index contributed by atoms with van der Waals surface area (Å²) in [5.41, 5.74) is 3.12. The van der Waals surface area contributed by atoms with Gasteiger partial charge in [-0.2, -0.15) is 0 Å². The average molecular weight is 467 g/mol. The zero-order valence-corrected chi connectivity index (χ0v) is 20.1. The van der Waals surface area contributed by atoms with Crippen LogP contribution in [0.2, 0.25) is 0 Å². The molecule has 0 unspecified atom stereocenters. The van der Waals surface area contributed by atoms with Crippen molar-refractivity contribution in [2.75, 3.05) is 23.3 Å². The molecule has 1 amide bonds. The summed E-state index contributed by atoms with van der Waals surface area (Å²) in [6.07, 6.45) is 3.22. The minimum Gasteiger partial charge on any atom is -0.497 e. The van der Waals surface area contributed by atoms with E-state index >= 15 is 0 Å². The summed E-state index contributed by atoms with van der Waals surface area (Å²) in [6.45, 7) is 3.66. The Balaban J connectivity index is 1.86. The molecule has 0 heterocycles. The lowest BCUT2D eigenvalue weighted by Crippen LogP contribution is -2.38. The summed E-state index contributed by atoms with van der Waals surface area (Å²) in [4.78, 5) is 13.0. The maximum atomic E-state index is 13.5. The summed E-state index contributed by atoms with van der Waals surface area (Å²) < 4.78 is 33.3. The Hall–Kier alpha value is -3.32. The first-order valence-corrected chi connectivity index (χ1v) is 12.4. The Bertz CT molecular complexity index is 1170. The van der Waals surface area contributed by atoms with Gasteiger partial charge in [0.05, 0.1) is 17.7 Å². The first-order valence-electron chi connectivity index (χ1n) is 11.0. The van der Waals surface area contributed by atoms with Crippen LogP contribution in [0.4, 0.5) is 11.4 Å². The molecule has 0 bridgehead atoms. The molecule has 7 heteroatoms. The van der Waals surface area contributed by atoms with Gasteiger partial charge in [0.15, 0.2) is 0 Å². The lowest BCUT2D eigenvalue weighted by atomic mass is 10.1. The van der Waals surface area contributed by atoms with Crippen LogP contribution >= 0.6 is 0 Å². The number of hydrogen-bond donors (Lipinski definition) is 1. The first kappa shape index (κ1) is 24.3. The predicted molar refractivity (Wildman–Crippen MR) is 132 cm³/mol. The number of ether oxygens (including phenoxy) is 1. The van der Waals surface area contributed by atoms with E-state index in [2.05, 4.69) is 12.2 Å². The highest BCUT2D eigenvalue weighted by Gasteiger charge is 2.27. The van der Waals surface area contributed by atoms with Crippen molar-refractivity contribution in [1.82, 2.24) is 0 Å². The van der Waals surface area contributed by atoms with Crippen LogP contribution in [-0.4, -0.2) is 28.0 Å². The number of unbranched alkanes of at least 4 members (excludes halogenated alkanes) is 1. The normalized spacial score (nSPS) is 11.1. The van der Waals surface area contributed by atoms with E-state index in [-0.39, 0.29) is 11.4 Å². The van der Waals surface area contributed by atoms with Crippen LogP contribution in [0, 0.1) is 6.92 Å². The lowest BCUT2D eigenvalue weighted by molar-refractivity contribution is -0.114. The van der Waals surface area contributed by atoms with Crippen molar-refractivity contribution < 1.29 is 17.9 Å². The van der Waals surface area contributed by atoms with Gasteiger partial charge in [-0.05, 0) is 61.7 Å². The number of nitrogens with zero attached hydrogens (tertiary/aromatic N) is 1. The smallest absolute Gasteiger partial charge is 0.264 e. The summed E-state index contributed by atoms with van der Waals surface area (Å²) in [5.74, 6) is 0.0643. The van der Waals surface area contributed by atoms with Crippen LogP contribution in [0.15, 0.2) is 77.7 Å². The second-order valence-electron chi connectivity index (χ2n) is 7.87. The van der Waals surface area contributed by atoms with E-state index in [0.29, 0.717) is 17.1 Å². The maximum absolute atomic E-state index is 13.5. The molecular weight excluding hydrogens is 436 g/mol. The van der Waals surface area contributed by atoms with E-state index in [1.165, 1.54) is 12.7 Å². The fourth-order valence-corrected chi connectivity index (χ4v) is 4.80. The van der Waals surface area contributed by atoms with Crippen LogP contribution < -0.4 is 14.4 Å². The van der Waals surface area contributed by atoms with Gasteiger partial charge in [-0.15, -0.1) is 0 Å². The molecule has 0 spiro atoms. The van der Waals surface area contributed by atoms with Gasteiger partial charge in [-0.25, -0.2) is 8.42 Å². The van der Waals surface area contributed by atoms with Crippen LogP contribution in [0.5, 0.6) is 5.75 Å². The highest BCUT2D eigenvalue weighted by Crippen LogP contribution is 2.27. The SMILES string of the molecule is CCCCc1ccc(NC(=O)CN(c2cccc(OC)c2)S(=O)(=O)c2ccc(C)cc2)cc1. The minimum atomic E-state index is -3.98. The third-order valence-electron chi connectivity index (χ3n) is 5.29. The van der Waals surface area contributed by atoms with Crippen molar-refractivity contribution >= 4 is 27.3 Å². The Kier molecular flexibility index (Phi) is 8.11. The van der Waals surface area contributed by atoms with Crippen molar-refractivity contribution in [2.45, 2.75) is 38.0 Å². The van der Waals surface area contributed by atoms with Gasteiger partial charge in [0.2, 0.25) is 5.91 Å². The molecule has 0 aromatic heterocycles. The monoisotopic (exact) mass is 466 g/mol. The number of carbonyl (C=O) groups is 1. The molecule has 3 aromatic rings. The number of benzene rings is 3. The molecule has 33 heavy (non-hydrogen) atoms. The van der Waals surface area contributed by atoms with E-state index in [1.54, 1.807) is 48.5 Å². The second-order valence-corrected chi connectivity index (χ2v) is 9.74.